The number of hydrogen-bond acceptors (Lipinski definition) is 0. The number of aromatic amines is 1. The number of fused-ring (bicyclic) bond motifs is 7. The molecule has 3 aromatic carbocycles. The molecule has 0 saturated carbocycles. The van der Waals surface area contributed by atoms with Gasteiger partial charge in [-0.15, -0.1) is 0 Å². The Kier molecular flexibility index (Phi) is 2.48. The molecule has 2 heteroatoms. The van der Waals surface area contributed by atoms with Crippen LogP contribution in [0, 0.1) is 0 Å². The fourth-order valence-corrected chi connectivity index (χ4v) is 4.57. The fourth-order valence-electron chi connectivity index (χ4n) is 4.21. The maximum Gasteiger partial charge on any atom is 0.0512 e. The summed E-state index contributed by atoms with van der Waals surface area (Å²) in [5, 5.41) is 2.59. The third-order valence-electron chi connectivity index (χ3n) is 5.25. The lowest BCUT2D eigenvalue weighted by Crippen LogP contribution is -2.15. The van der Waals surface area contributed by atoms with E-state index < -0.39 is 0 Å². The van der Waals surface area contributed by atoms with Crippen molar-refractivity contribution in [1.82, 2.24) is 4.98 Å². The molecule has 0 atom stereocenters. The van der Waals surface area contributed by atoms with E-state index in [1.165, 1.54) is 44.1 Å². The smallest absolute Gasteiger partial charge is 0.0512 e. The lowest BCUT2D eigenvalue weighted by atomic mass is 9.81. The second-order valence-electron chi connectivity index (χ2n) is 6.90. The predicted octanol–water partition coefficient (Wildman–Crippen LogP) is 6.39. The van der Waals surface area contributed by atoms with Crippen molar-refractivity contribution in [1.29, 1.82) is 0 Å². The molecule has 0 bridgehead atoms. The Morgan fingerprint density at radius 3 is 2.57 bits per heavy atom. The molecule has 5 rings (SSSR count). The van der Waals surface area contributed by atoms with Gasteiger partial charge >= 0.3 is 0 Å². The fraction of sp³-hybridized carbons (Fsp3) is 0.143. The second kappa shape index (κ2) is 4.27. The third-order valence-corrected chi connectivity index (χ3v) is 5.75. The summed E-state index contributed by atoms with van der Waals surface area (Å²) in [4.78, 5) is 3.68. The van der Waals surface area contributed by atoms with Crippen molar-refractivity contribution in [2.45, 2.75) is 19.3 Å². The number of aromatic nitrogens is 1. The average molecular weight is 362 g/mol. The van der Waals surface area contributed by atoms with Crippen molar-refractivity contribution >= 4 is 37.7 Å². The first kappa shape index (κ1) is 13.4. The maximum atomic E-state index is 3.68. The minimum Gasteiger partial charge on any atom is -0.354 e. The van der Waals surface area contributed by atoms with Gasteiger partial charge in [0.2, 0.25) is 0 Å². The van der Waals surface area contributed by atoms with Crippen molar-refractivity contribution in [3.8, 4) is 11.1 Å². The molecule has 1 aliphatic carbocycles. The van der Waals surface area contributed by atoms with E-state index in [9.17, 15) is 0 Å². The van der Waals surface area contributed by atoms with Gasteiger partial charge in [0.05, 0.1) is 5.52 Å². The largest absolute Gasteiger partial charge is 0.354 e. The molecule has 0 saturated heterocycles. The van der Waals surface area contributed by atoms with E-state index in [0.29, 0.717) is 0 Å². The molecule has 23 heavy (non-hydrogen) atoms. The van der Waals surface area contributed by atoms with Crippen LogP contribution in [-0.2, 0) is 5.41 Å². The third kappa shape index (κ3) is 1.62. The van der Waals surface area contributed by atoms with E-state index in [-0.39, 0.29) is 5.41 Å². The van der Waals surface area contributed by atoms with E-state index in [0.717, 1.165) is 4.47 Å². The summed E-state index contributed by atoms with van der Waals surface area (Å²) >= 11 is 3.60. The van der Waals surface area contributed by atoms with Crippen LogP contribution in [0.2, 0.25) is 0 Å². The Morgan fingerprint density at radius 1 is 0.870 bits per heavy atom. The first-order valence-electron chi connectivity index (χ1n) is 7.92. The summed E-state index contributed by atoms with van der Waals surface area (Å²) < 4.78 is 1.12. The highest BCUT2D eigenvalue weighted by atomic mass is 79.9. The minimum atomic E-state index is 0.0174. The van der Waals surface area contributed by atoms with Crippen molar-refractivity contribution in [3.63, 3.8) is 0 Å². The molecule has 1 N–H and O–H groups in total. The first-order valence-corrected chi connectivity index (χ1v) is 8.71. The Balaban J connectivity index is 1.97. The van der Waals surface area contributed by atoms with Gasteiger partial charge < -0.3 is 4.98 Å². The van der Waals surface area contributed by atoms with Crippen molar-refractivity contribution in [2.24, 2.45) is 0 Å². The lowest BCUT2D eigenvalue weighted by Gasteiger charge is -2.22. The number of hydrogen-bond donors (Lipinski definition) is 1. The van der Waals surface area contributed by atoms with Crippen LogP contribution in [0.3, 0.4) is 0 Å². The summed E-state index contributed by atoms with van der Waals surface area (Å²) in [6.07, 6.45) is 0. The highest BCUT2D eigenvalue weighted by molar-refractivity contribution is 9.10. The maximum absolute atomic E-state index is 3.68. The van der Waals surface area contributed by atoms with Crippen LogP contribution in [0.1, 0.15) is 25.0 Å². The van der Waals surface area contributed by atoms with E-state index in [1.54, 1.807) is 0 Å². The zero-order valence-electron chi connectivity index (χ0n) is 13.1. The van der Waals surface area contributed by atoms with Crippen LogP contribution in [0.15, 0.2) is 59.1 Å². The standard InChI is InChI=1S/C21H16BrN/c1-21(2)17-6-4-3-5-13(17)14-8-9-15-16-11-12(22)7-10-18(16)23-20(15)19(14)21/h3-11,23H,1-2H3. The molecule has 0 radical (unpaired) electrons. The van der Waals surface area contributed by atoms with Crippen LogP contribution in [0.4, 0.5) is 0 Å². The number of rotatable bonds is 0. The van der Waals surface area contributed by atoms with Gasteiger partial charge in [-0.3, -0.25) is 0 Å². The monoisotopic (exact) mass is 361 g/mol. The van der Waals surface area contributed by atoms with Gasteiger partial charge in [0.15, 0.2) is 0 Å². The Bertz CT molecular complexity index is 1100. The predicted molar refractivity (Wildman–Crippen MR) is 101 cm³/mol. The molecule has 4 aromatic rings. The number of halogens is 1. The first-order chi connectivity index (χ1) is 11.1. The Labute approximate surface area is 143 Å². The highest BCUT2D eigenvalue weighted by Gasteiger charge is 2.37. The molecule has 0 spiro atoms. The molecule has 0 amide bonds. The molecule has 112 valence electrons. The second-order valence-corrected chi connectivity index (χ2v) is 7.81. The Hall–Kier alpha value is -2.06. The summed E-state index contributed by atoms with van der Waals surface area (Å²) in [5.74, 6) is 0. The van der Waals surface area contributed by atoms with E-state index >= 15 is 0 Å². The van der Waals surface area contributed by atoms with Crippen molar-refractivity contribution in [3.05, 3.63) is 70.2 Å². The van der Waals surface area contributed by atoms with Crippen LogP contribution in [0.25, 0.3) is 32.9 Å². The molecule has 1 nitrogen and oxygen atoms in total. The minimum absolute atomic E-state index is 0.0174. The molecule has 0 aliphatic heterocycles. The average Bonchev–Trinajstić information content (AvgIpc) is 3.01. The molecule has 0 unspecified atom stereocenters. The van der Waals surface area contributed by atoms with Crippen LogP contribution >= 0.6 is 15.9 Å². The quantitative estimate of drug-likeness (QED) is 0.373. The molecule has 0 fully saturated rings. The topological polar surface area (TPSA) is 15.8 Å². The van der Waals surface area contributed by atoms with Gasteiger partial charge in [0, 0.05) is 26.2 Å². The van der Waals surface area contributed by atoms with Gasteiger partial charge in [-0.05, 0) is 40.5 Å². The molecular formula is C21H16BrN. The zero-order valence-corrected chi connectivity index (χ0v) is 14.7. The van der Waals surface area contributed by atoms with E-state index in [2.05, 4.69) is 89.4 Å². The van der Waals surface area contributed by atoms with Crippen LogP contribution in [-0.4, -0.2) is 4.98 Å². The van der Waals surface area contributed by atoms with Gasteiger partial charge in [0.1, 0.15) is 0 Å². The van der Waals surface area contributed by atoms with Crippen molar-refractivity contribution < 1.29 is 0 Å². The van der Waals surface area contributed by atoms with Gasteiger partial charge in [-0.2, -0.15) is 0 Å². The number of nitrogens with one attached hydrogen (secondary N) is 1. The summed E-state index contributed by atoms with van der Waals surface area (Å²) in [6, 6.07) is 19.8. The SMILES string of the molecule is CC1(C)c2ccccc2-c2ccc3c([nH]c4ccc(Br)cc43)c21. The molecule has 1 aliphatic rings. The molecule has 1 heterocycles. The van der Waals surface area contributed by atoms with Crippen LogP contribution < -0.4 is 0 Å². The Morgan fingerprint density at radius 2 is 1.70 bits per heavy atom. The van der Waals surface area contributed by atoms with E-state index in [1.807, 2.05) is 0 Å². The molecular weight excluding hydrogens is 346 g/mol. The normalized spacial score (nSPS) is 15.1. The van der Waals surface area contributed by atoms with Crippen LogP contribution in [0.5, 0.6) is 0 Å². The van der Waals surface area contributed by atoms with Crippen molar-refractivity contribution in [2.75, 3.05) is 0 Å². The number of H-pyrrole nitrogens is 1. The lowest BCUT2D eigenvalue weighted by molar-refractivity contribution is 0.665. The summed E-state index contributed by atoms with van der Waals surface area (Å²) in [5.41, 5.74) is 8.06. The summed E-state index contributed by atoms with van der Waals surface area (Å²) in [7, 11) is 0. The highest BCUT2D eigenvalue weighted by Crippen LogP contribution is 2.51. The van der Waals surface area contributed by atoms with Gasteiger partial charge in [0.25, 0.3) is 0 Å². The van der Waals surface area contributed by atoms with E-state index in [4.69, 9.17) is 0 Å². The van der Waals surface area contributed by atoms with Gasteiger partial charge in [-0.1, -0.05) is 66.2 Å². The van der Waals surface area contributed by atoms with Gasteiger partial charge in [-0.25, -0.2) is 0 Å². The molecule has 1 aromatic heterocycles. The number of benzene rings is 3. The zero-order chi connectivity index (χ0) is 15.8. The summed E-state index contributed by atoms with van der Waals surface area (Å²) in [6.45, 7) is 4.66.